The molecule has 0 radical (unpaired) electrons. The van der Waals surface area contributed by atoms with Gasteiger partial charge in [0.2, 0.25) is 10.0 Å². The number of benzene rings is 1. The van der Waals surface area contributed by atoms with E-state index in [4.69, 9.17) is 0 Å². The van der Waals surface area contributed by atoms with Crippen LogP contribution in [0.1, 0.15) is 12.5 Å². The second-order valence-corrected chi connectivity index (χ2v) is 4.60. The van der Waals surface area contributed by atoms with Crippen molar-refractivity contribution < 1.29 is 13.5 Å². The van der Waals surface area contributed by atoms with Gasteiger partial charge in [0.15, 0.2) is 0 Å². The molecule has 0 aromatic heterocycles. The molecular weight excluding hydrogens is 214 g/mol. The van der Waals surface area contributed by atoms with Crippen molar-refractivity contribution in [3.8, 4) is 5.75 Å². The summed E-state index contributed by atoms with van der Waals surface area (Å²) in [5, 5.41) is 9.52. The van der Waals surface area contributed by atoms with Crippen molar-refractivity contribution in [1.82, 2.24) is 4.72 Å². The molecule has 0 saturated heterocycles. The number of hydrogen-bond donors (Lipinski definition) is 2. The molecule has 1 rings (SSSR count). The van der Waals surface area contributed by atoms with Crippen LogP contribution in [0.3, 0.4) is 0 Å². The molecule has 15 heavy (non-hydrogen) atoms. The Kier molecular flexibility index (Phi) is 3.49. The zero-order chi connectivity index (χ0) is 11.5. The average molecular weight is 227 g/mol. The number of hydrogen-bond acceptors (Lipinski definition) is 3. The number of phenolic OH excluding ortho intramolecular Hbond substituents is 1. The SMILES string of the molecule is C=Cc1cccc(O)c1S(=O)(=O)NCC. The van der Waals surface area contributed by atoms with Gasteiger partial charge in [-0.2, -0.15) is 0 Å². The molecule has 0 saturated carbocycles. The van der Waals surface area contributed by atoms with Crippen molar-refractivity contribution in [2.24, 2.45) is 0 Å². The van der Waals surface area contributed by atoms with Crippen LogP contribution in [0.2, 0.25) is 0 Å². The van der Waals surface area contributed by atoms with Gasteiger partial charge >= 0.3 is 0 Å². The van der Waals surface area contributed by atoms with Crippen molar-refractivity contribution in [3.63, 3.8) is 0 Å². The maximum Gasteiger partial charge on any atom is 0.244 e. The van der Waals surface area contributed by atoms with Gasteiger partial charge in [-0.05, 0) is 11.6 Å². The van der Waals surface area contributed by atoms with Gasteiger partial charge in [-0.3, -0.25) is 0 Å². The van der Waals surface area contributed by atoms with E-state index in [-0.39, 0.29) is 17.2 Å². The highest BCUT2D eigenvalue weighted by molar-refractivity contribution is 7.89. The Morgan fingerprint density at radius 1 is 1.53 bits per heavy atom. The molecule has 0 amide bonds. The van der Waals surface area contributed by atoms with E-state index in [2.05, 4.69) is 11.3 Å². The molecule has 0 atom stereocenters. The summed E-state index contributed by atoms with van der Waals surface area (Å²) in [5.74, 6) is -0.270. The molecule has 0 aliphatic heterocycles. The van der Waals surface area contributed by atoms with Crippen molar-refractivity contribution >= 4 is 16.1 Å². The summed E-state index contributed by atoms with van der Waals surface area (Å²) in [5.41, 5.74) is 0.385. The van der Waals surface area contributed by atoms with Crippen molar-refractivity contribution in [2.45, 2.75) is 11.8 Å². The molecular formula is C10H13NO3S. The normalized spacial score (nSPS) is 11.3. The van der Waals surface area contributed by atoms with E-state index in [0.717, 1.165) is 0 Å². The van der Waals surface area contributed by atoms with E-state index >= 15 is 0 Å². The zero-order valence-corrected chi connectivity index (χ0v) is 9.21. The molecule has 1 aromatic rings. The third kappa shape index (κ3) is 2.37. The predicted octanol–water partition coefficient (Wildman–Crippen LogP) is 1.33. The van der Waals surface area contributed by atoms with Crippen LogP contribution in [0.25, 0.3) is 6.08 Å². The van der Waals surface area contributed by atoms with Crippen LogP contribution in [-0.2, 0) is 10.0 Å². The van der Waals surface area contributed by atoms with Crippen molar-refractivity contribution in [2.75, 3.05) is 6.54 Å². The Morgan fingerprint density at radius 2 is 2.20 bits per heavy atom. The average Bonchev–Trinajstić information content (AvgIpc) is 2.16. The van der Waals surface area contributed by atoms with E-state index in [1.807, 2.05) is 0 Å². The quantitative estimate of drug-likeness (QED) is 0.815. The first kappa shape index (κ1) is 11.7. The largest absolute Gasteiger partial charge is 0.507 e. The van der Waals surface area contributed by atoms with Gasteiger partial charge in [0, 0.05) is 6.54 Å². The Bertz CT molecular complexity index is 466. The van der Waals surface area contributed by atoms with E-state index in [1.165, 1.54) is 12.1 Å². The molecule has 4 nitrogen and oxygen atoms in total. The highest BCUT2D eigenvalue weighted by Gasteiger charge is 2.20. The minimum Gasteiger partial charge on any atom is -0.507 e. The third-order valence-electron chi connectivity index (χ3n) is 1.85. The first-order valence-corrected chi connectivity index (χ1v) is 5.95. The van der Waals surface area contributed by atoms with Gasteiger partial charge in [-0.1, -0.05) is 31.7 Å². The lowest BCUT2D eigenvalue weighted by Crippen LogP contribution is -2.23. The van der Waals surface area contributed by atoms with Gasteiger partial charge in [0.1, 0.15) is 10.6 Å². The van der Waals surface area contributed by atoms with Gasteiger partial charge in [-0.25, -0.2) is 13.1 Å². The molecule has 0 bridgehead atoms. The maximum atomic E-state index is 11.7. The third-order valence-corrected chi connectivity index (χ3v) is 3.50. The maximum absolute atomic E-state index is 11.7. The van der Waals surface area contributed by atoms with Gasteiger partial charge in [-0.15, -0.1) is 0 Å². The molecule has 0 aliphatic carbocycles. The molecule has 2 N–H and O–H groups in total. The fourth-order valence-corrected chi connectivity index (χ4v) is 2.59. The predicted molar refractivity (Wildman–Crippen MR) is 59.1 cm³/mol. The number of rotatable bonds is 4. The van der Waals surface area contributed by atoms with Gasteiger partial charge < -0.3 is 5.11 Å². The lowest BCUT2D eigenvalue weighted by Gasteiger charge is -2.09. The molecule has 1 aromatic carbocycles. The monoisotopic (exact) mass is 227 g/mol. The minimum absolute atomic E-state index is 0.123. The summed E-state index contributed by atoms with van der Waals surface area (Å²) in [4.78, 5) is -0.123. The summed E-state index contributed by atoms with van der Waals surface area (Å²) >= 11 is 0. The molecule has 0 spiro atoms. The van der Waals surface area contributed by atoms with Crippen molar-refractivity contribution in [3.05, 3.63) is 30.3 Å². The van der Waals surface area contributed by atoms with Crippen LogP contribution < -0.4 is 4.72 Å². The minimum atomic E-state index is -3.66. The van der Waals surface area contributed by atoms with Crippen LogP contribution in [0.15, 0.2) is 29.7 Å². The summed E-state index contributed by atoms with van der Waals surface area (Å²) in [7, 11) is -3.66. The lowest BCUT2D eigenvalue weighted by atomic mass is 10.2. The van der Waals surface area contributed by atoms with E-state index in [9.17, 15) is 13.5 Å². The number of sulfonamides is 1. The number of nitrogens with one attached hydrogen (secondary N) is 1. The molecule has 0 heterocycles. The lowest BCUT2D eigenvalue weighted by molar-refractivity contribution is 0.457. The molecule has 0 fully saturated rings. The second kappa shape index (κ2) is 4.46. The molecule has 5 heteroatoms. The van der Waals surface area contributed by atoms with E-state index < -0.39 is 10.0 Å². The number of aromatic hydroxyl groups is 1. The Morgan fingerprint density at radius 3 is 2.73 bits per heavy atom. The number of phenols is 1. The van der Waals surface area contributed by atoms with Crippen LogP contribution in [-0.4, -0.2) is 20.1 Å². The topological polar surface area (TPSA) is 66.4 Å². The fourth-order valence-electron chi connectivity index (χ4n) is 1.26. The summed E-state index contributed by atoms with van der Waals surface area (Å²) in [6, 6.07) is 4.48. The summed E-state index contributed by atoms with van der Waals surface area (Å²) < 4.78 is 25.7. The van der Waals surface area contributed by atoms with Crippen LogP contribution in [0.5, 0.6) is 5.75 Å². The highest BCUT2D eigenvalue weighted by atomic mass is 32.2. The molecule has 0 unspecified atom stereocenters. The first-order valence-electron chi connectivity index (χ1n) is 4.47. The fraction of sp³-hybridized carbons (Fsp3) is 0.200. The van der Waals surface area contributed by atoms with Crippen LogP contribution >= 0.6 is 0 Å². The van der Waals surface area contributed by atoms with E-state index in [1.54, 1.807) is 19.1 Å². The summed E-state index contributed by atoms with van der Waals surface area (Å²) in [6.07, 6.45) is 1.39. The first-order chi connectivity index (χ1) is 7.03. The zero-order valence-electron chi connectivity index (χ0n) is 8.40. The highest BCUT2D eigenvalue weighted by Crippen LogP contribution is 2.26. The van der Waals surface area contributed by atoms with Gasteiger partial charge in [0.05, 0.1) is 0 Å². The smallest absolute Gasteiger partial charge is 0.244 e. The molecule has 82 valence electrons. The standard InChI is InChI=1S/C10H13NO3S/c1-3-8-6-5-7-9(12)10(8)15(13,14)11-4-2/h3,5-7,11-12H,1,4H2,2H3. The van der Waals surface area contributed by atoms with E-state index in [0.29, 0.717) is 5.56 Å². The van der Waals surface area contributed by atoms with Crippen LogP contribution in [0, 0.1) is 0 Å². The summed E-state index contributed by atoms with van der Waals surface area (Å²) in [6.45, 7) is 5.45. The van der Waals surface area contributed by atoms with Gasteiger partial charge in [0.25, 0.3) is 0 Å². The molecule has 0 aliphatic rings. The van der Waals surface area contributed by atoms with Crippen LogP contribution in [0.4, 0.5) is 0 Å². The van der Waals surface area contributed by atoms with Crippen molar-refractivity contribution in [1.29, 1.82) is 0 Å². The Hall–Kier alpha value is -1.33. The second-order valence-electron chi connectivity index (χ2n) is 2.90. The Labute approximate surface area is 89.3 Å². The Balaban J connectivity index is 3.41.